The zero-order valence-electron chi connectivity index (χ0n) is 16.7. The van der Waals surface area contributed by atoms with Crippen LogP contribution in [0, 0.1) is 17.6 Å². The van der Waals surface area contributed by atoms with Gasteiger partial charge in [0.2, 0.25) is 0 Å². The Morgan fingerprint density at radius 2 is 2.17 bits per heavy atom. The van der Waals surface area contributed by atoms with Crippen LogP contribution in [0.25, 0.3) is 22.4 Å². The van der Waals surface area contributed by atoms with Crippen LogP contribution in [0.1, 0.15) is 13.8 Å². The predicted octanol–water partition coefficient (Wildman–Crippen LogP) is 1.46. The van der Waals surface area contributed by atoms with E-state index in [1.807, 2.05) is 0 Å². The van der Waals surface area contributed by atoms with Crippen molar-refractivity contribution in [3.05, 3.63) is 36.0 Å². The number of aromatic nitrogens is 4. The zero-order chi connectivity index (χ0) is 21.5. The van der Waals surface area contributed by atoms with Gasteiger partial charge in [-0.1, -0.05) is 6.92 Å². The van der Waals surface area contributed by atoms with Gasteiger partial charge in [0, 0.05) is 49.8 Å². The molecule has 1 aliphatic rings. The Labute approximate surface area is 172 Å². The third-order valence-electron chi connectivity index (χ3n) is 5.93. The van der Waals surface area contributed by atoms with Crippen LogP contribution in [0.2, 0.25) is 0 Å². The maximum absolute atomic E-state index is 14.7. The lowest BCUT2D eigenvalue weighted by atomic mass is 9.83. The van der Waals surface area contributed by atoms with Gasteiger partial charge in [-0.05, 0) is 19.1 Å². The van der Waals surface area contributed by atoms with Crippen molar-refractivity contribution in [2.24, 2.45) is 5.92 Å². The average molecular weight is 418 g/mol. The van der Waals surface area contributed by atoms with E-state index in [0.29, 0.717) is 29.8 Å². The van der Waals surface area contributed by atoms with Gasteiger partial charge in [-0.15, -0.1) is 0 Å². The van der Waals surface area contributed by atoms with Crippen LogP contribution in [0.15, 0.2) is 24.4 Å². The molecule has 3 atom stereocenters. The average Bonchev–Trinajstić information content (AvgIpc) is 3.17. The van der Waals surface area contributed by atoms with Crippen LogP contribution in [-0.2, 0) is 0 Å². The van der Waals surface area contributed by atoms with Crippen molar-refractivity contribution in [1.29, 1.82) is 0 Å². The Kier molecular flexibility index (Phi) is 5.39. The van der Waals surface area contributed by atoms with Crippen molar-refractivity contribution < 1.29 is 19.0 Å². The summed E-state index contributed by atoms with van der Waals surface area (Å²) in [4.78, 5) is 10.1. The zero-order valence-corrected chi connectivity index (χ0v) is 16.7. The first kappa shape index (κ1) is 20.6. The highest BCUT2D eigenvalue weighted by Crippen LogP contribution is 2.31. The number of rotatable bonds is 5. The van der Waals surface area contributed by atoms with E-state index in [4.69, 9.17) is 0 Å². The lowest BCUT2D eigenvalue weighted by Crippen LogP contribution is -2.63. The van der Waals surface area contributed by atoms with Gasteiger partial charge in [-0.2, -0.15) is 5.10 Å². The maximum atomic E-state index is 14.7. The number of pyridine rings is 2. The number of aliphatic hydroxyl groups is 2. The molecule has 0 spiro atoms. The molecule has 1 saturated heterocycles. The molecule has 4 rings (SSSR count). The van der Waals surface area contributed by atoms with E-state index in [1.165, 1.54) is 0 Å². The summed E-state index contributed by atoms with van der Waals surface area (Å²) < 4.78 is 29.4. The smallest absolute Gasteiger partial charge is 0.181 e. The number of fused-ring (bicyclic) bond motifs is 1. The second-order valence-corrected chi connectivity index (χ2v) is 7.86. The molecule has 3 aromatic rings. The molecule has 10 heteroatoms. The van der Waals surface area contributed by atoms with Gasteiger partial charge < -0.3 is 20.4 Å². The minimum Gasteiger partial charge on any atom is -0.396 e. The standard InChI is InChI=1S/C20H24F2N6O2/c1-11(10-29)20(2,30)15-9-28(7-6-23-15)19-14(22)8-13(21)17(25-19)16-12-4-3-5-24-18(12)27-26-16/h3-5,8,11,15,23,29-30H,6-7,9-10H2,1-2H3,(H,24,26,27)/t11?,15-,20-/m0/s1. The summed E-state index contributed by atoms with van der Waals surface area (Å²) >= 11 is 0. The molecule has 0 aromatic carbocycles. The highest BCUT2D eigenvalue weighted by molar-refractivity contribution is 5.89. The first-order valence-electron chi connectivity index (χ1n) is 9.80. The Morgan fingerprint density at radius 1 is 1.37 bits per heavy atom. The molecule has 0 bridgehead atoms. The Hall–Kier alpha value is -2.69. The third-order valence-corrected chi connectivity index (χ3v) is 5.93. The molecule has 8 nitrogen and oxygen atoms in total. The minimum absolute atomic E-state index is 0.00279. The van der Waals surface area contributed by atoms with E-state index in [9.17, 15) is 19.0 Å². The normalized spacial score (nSPS) is 20.3. The number of nitrogens with zero attached hydrogens (tertiary/aromatic N) is 4. The van der Waals surface area contributed by atoms with Crippen LogP contribution in [0.3, 0.4) is 0 Å². The number of H-pyrrole nitrogens is 1. The lowest BCUT2D eigenvalue weighted by molar-refractivity contribution is -0.0469. The van der Waals surface area contributed by atoms with Crippen LogP contribution >= 0.6 is 0 Å². The number of aliphatic hydroxyl groups excluding tert-OH is 1. The number of hydrogen-bond donors (Lipinski definition) is 4. The number of hydrogen-bond acceptors (Lipinski definition) is 7. The molecule has 4 N–H and O–H groups in total. The monoisotopic (exact) mass is 418 g/mol. The van der Waals surface area contributed by atoms with Crippen molar-refractivity contribution in [3.8, 4) is 11.4 Å². The highest BCUT2D eigenvalue weighted by Gasteiger charge is 2.40. The van der Waals surface area contributed by atoms with Gasteiger partial charge in [0.05, 0.1) is 17.3 Å². The summed E-state index contributed by atoms with van der Waals surface area (Å²) in [6, 6.07) is 3.82. The molecule has 0 aliphatic carbocycles. The van der Waals surface area contributed by atoms with Crippen molar-refractivity contribution >= 4 is 16.9 Å². The maximum Gasteiger partial charge on any atom is 0.181 e. The molecule has 1 fully saturated rings. The van der Waals surface area contributed by atoms with Gasteiger partial charge >= 0.3 is 0 Å². The van der Waals surface area contributed by atoms with E-state index in [2.05, 4.69) is 25.5 Å². The molecule has 0 amide bonds. The second-order valence-electron chi connectivity index (χ2n) is 7.86. The van der Waals surface area contributed by atoms with Gasteiger partial charge in [-0.25, -0.2) is 18.7 Å². The van der Waals surface area contributed by atoms with Crippen molar-refractivity contribution in [1.82, 2.24) is 25.5 Å². The number of piperazine rings is 1. The fourth-order valence-corrected chi connectivity index (χ4v) is 3.75. The summed E-state index contributed by atoms with van der Waals surface area (Å²) in [6.45, 7) is 4.35. The van der Waals surface area contributed by atoms with Crippen LogP contribution in [0.4, 0.5) is 14.6 Å². The summed E-state index contributed by atoms with van der Waals surface area (Å²) in [5.74, 6) is -1.98. The third kappa shape index (κ3) is 3.51. The molecule has 1 unspecified atom stereocenters. The first-order chi connectivity index (χ1) is 14.3. The predicted molar refractivity (Wildman–Crippen MR) is 108 cm³/mol. The van der Waals surface area contributed by atoms with Crippen molar-refractivity contribution in [2.45, 2.75) is 25.5 Å². The molecule has 1 aliphatic heterocycles. The molecular weight excluding hydrogens is 394 g/mol. The van der Waals surface area contributed by atoms with Crippen LogP contribution in [-0.4, -0.2) is 68.3 Å². The molecule has 30 heavy (non-hydrogen) atoms. The summed E-state index contributed by atoms with van der Waals surface area (Å²) in [5, 5.41) is 30.9. The lowest BCUT2D eigenvalue weighted by Gasteiger charge is -2.44. The van der Waals surface area contributed by atoms with Crippen LogP contribution in [0.5, 0.6) is 0 Å². The molecule has 4 heterocycles. The van der Waals surface area contributed by atoms with E-state index < -0.39 is 23.3 Å². The number of nitrogens with one attached hydrogen (secondary N) is 2. The van der Waals surface area contributed by atoms with Crippen molar-refractivity contribution in [2.75, 3.05) is 31.1 Å². The minimum atomic E-state index is -1.22. The van der Waals surface area contributed by atoms with E-state index in [-0.39, 0.29) is 30.6 Å². The fourth-order valence-electron chi connectivity index (χ4n) is 3.75. The number of halogens is 2. The Bertz CT molecular complexity index is 1060. The highest BCUT2D eigenvalue weighted by atomic mass is 19.1. The molecule has 0 radical (unpaired) electrons. The van der Waals surface area contributed by atoms with Crippen molar-refractivity contribution in [3.63, 3.8) is 0 Å². The first-order valence-corrected chi connectivity index (χ1v) is 9.80. The second kappa shape index (κ2) is 7.86. The molecule has 3 aromatic heterocycles. The van der Waals surface area contributed by atoms with Crippen LogP contribution < -0.4 is 10.2 Å². The largest absolute Gasteiger partial charge is 0.396 e. The molecule has 160 valence electrons. The van der Waals surface area contributed by atoms with Gasteiger partial charge in [0.25, 0.3) is 0 Å². The molecular formula is C20H24F2N6O2. The topological polar surface area (TPSA) is 110 Å². The summed E-state index contributed by atoms with van der Waals surface area (Å²) in [6.07, 6.45) is 1.58. The number of anilines is 1. The Morgan fingerprint density at radius 3 is 2.93 bits per heavy atom. The fraction of sp³-hybridized carbons (Fsp3) is 0.450. The van der Waals surface area contributed by atoms with E-state index in [0.717, 1.165) is 6.07 Å². The Balaban J connectivity index is 1.70. The quantitative estimate of drug-likeness (QED) is 0.497. The number of aromatic amines is 1. The van der Waals surface area contributed by atoms with E-state index in [1.54, 1.807) is 37.1 Å². The SMILES string of the molecule is CC(CO)[C@](C)(O)[C@@H]1CN(c2nc(-c3[nH]nc4ncccc34)c(F)cc2F)CCN1. The summed E-state index contributed by atoms with van der Waals surface area (Å²) in [7, 11) is 0. The van der Waals surface area contributed by atoms with E-state index >= 15 is 0 Å². The van der Waals surface area contributed by atoms with Gasteiger partial charge in [-0.3, -0.25) is 5.10 Å². The van der Waals surface area contributed by atoms with Gasteiger partial charge in [0.15, 0.2) is 23.1 Å². The summed E-state index contributed by atoms with van der Waals surface area (Å²) in [5.41, 5.74) is -0.536. The molecule has 0 saturated carbocycles. The van der Waals surface area contributed by atoms with Gasteiger partial charge in [0.1, 0.15) is 5.69 Å².